The van der Waals surface area contributed by atoms with E-state index in [4.69, 9.17) is 21.1 Å². The van der Waals surface area contributed by atoms with Gasteiger partial charge < -0.3 is 14.6 Å². The Morgan fingerprint density at radius 2 is 1.83 bits per heavy atom. The first-order chi connectivity index (χ1) is 19.7. The lowest BCUT2D eigenvalue weighted by molar-refractivity contribution is -0.145. The molecule has 10 heteroatoms. The lowest BCUT2D eigenvalue weighted by Gasteiger charge is -2.37. The van der Waals surface area contributed by atoms with Crippen molar-refractivity contribution < 1.29 is 33.4 Å². The quantitative estimate of drug-likeness (QED) is 0.352. The molecule has 2 aromatic carbocycles. The van der Waals surface area contributed by atoms with Crippen molar-refractivity contribution in [3.05, 3.63) is 57.9 Å². The zero-order valence-electron chi connectivity index (χ0n) is 23.2. The Bertz CT molecular complexity index is 1300. The number of aliphatic carboxylic acids is 1. The predicted molar refractivity (Wildman–Crippen MR) is 150 cm³/mol. The molecule has 0 spiro atoms. The summed E-state index contributed by atoms with van der Waals surface area (Å²) in [4.78, 5) is 39.4. The van der Waals surface area contributed by atoms with E-state index >= 15 is 0 Å². The van der Waals surface area contributed by atoms with E-state index in [9.17, 15) is 23.9 Å². The van der Waals surface area contributed by atoms with Crippen LogP contribution in [0.25, 0.3) is 0 Å². The van der Waals surface area contributed by atoms with E-state index in [0.29, 0.717) is 31.0 Å². The minimum absolute atomic E-state index is 0.0155. The van der Waals surface area contributed by atoms with Crippen LogP contribution in [0.15, 0.2) is 30.3 Å². The fourth-order valence-electron chi connectivity index (χ4n) is 6.59. The van der Waals surface area contributed by atoms with Crippen LogP contribution in [0.4, 0.5) is 4.39 Å². The SMILES string of the molecule is COc1cc(CN(CC2CCCCC2C(=O)O)C2CCc3cc(F)c(Cl)cc32)ccc1OCCN1C(=O)CCC1=O. The van der Waals surface area contributed by atoms with Gasteiger partial charge in [-0.2, -0.15) is 0 Å². The number of carbonyl (C=O) groups is 3. The molecule has 1 heterocycles. The predicted octanol–water partition coefficient (Wildman–Crippen LogP) is 5.40. The Morgan fingerprint density at radius 1 is 1.07 bits per heavy atom. The number of halogens is 2. The number of carboxylic acid groups (broad SMARTS) is 1. The molecule has 220 valence electrons. The number of fused-ring (bicyclic) bond motifs is 1. The minimum Gasteiger partial charge on any atom is -0.493 e. The average Bonchev–Trinajstić information content (AvgIpc) is 3.51. The Hall–Kier alpha value is -3.17. The third-order valence-corrected chi connectivity index (χ3v) is 8.99. The molecule has 2 fully saturated rings. The van der Waals surface area contributed by atoms with Gasteiger partial charge >= 0.3 is 5.97 Å². The highest BCUT2D eigenvalue weighted by molar-refractivity contribution is 6.30. The highest BCUT2D eigenvalue weighted by Crippen LogP contribution is 2.41. The maximum Gasteiger partial charge on any atom is 0.306 e. The number of likely N-dealkylation sites (tertiary alicyclic amines) is 1. The molecule has 2 aromatic rings. The number of ether oxygens (including phenoxy) is 2. The van der Waals surface area contributed by atoms with Gasteiger partial charge in [-0.3, -0.25) is 24.2 Å². The summed E-state index contributed by atoms with van der Waals surface area (Å²) >= 11 is 6.19. The number of amides is 2. The van der Waals surface area contributed by atoms with E-state index in [1.54, 1.807) is 13.2 Å². The van der Waals surface area contributed by atoms with Crippen molar-refractivity contribution in [1.29, 1.82) is 0 Å². The van der Waals surface area contributed by atoms with E-state index in [1.807, 2.05) is 18.2 Å². The second kappa shape index (κ2) is 12.8. The van der Waals surface area contributed by atoms with Crippen molar-refractivity contribution in [3.8, 4) is 11.5 Å². The topological polar surface area (TPSA) is 96.4 Å². The summed E-state index contributed by atoms with van der Waals surface area (Å²) in [6.45, 7) is 1.49. The molecule has 0 aromatic heterocycles. The maximum atomic E-state index is 14.2. The molecular weight excluding hydrogens is 551 g/mol. The van der Waals surface area contributed by atoms with Gasteiger partial charge in [0.1, 0.15) is 12.4 Å². The number of nitrogens with zero attached hydrogens (tertiary/aromatic N) is 2. The molecule has 0 radical (unpaired) electrons. The first-order valence-electron chi connectivity index (χ1n) is 14.3. The molecule has 1 saturated carbocycles. The number of hydrogen-bond donors (Lipinski definition) is 1. The van der Waals surface area contributed by atoms with Crippen LogP contribution in [0, 0.1) is 17.7 Å². The molecule has 41 heavy (non-hydrogen) atoms. The first-order valence-corrected chi connectivity index (χ1v) is 14.7. The largest absolute Gasteiger partial charge is 0.493 e. The van der Waals surface area contributed by atoms with Crippen LogP contribution in [0.5, 0.6) is 11.5 Å². The van der Waals surface area contributed by atoms with E-state index in [-0.39, 0.29) is 60.7 Å². The number of hydrogen-bond acceptors (Lipinski definition) is 6. The molecule has 1 aliphatic heterocycles. The monoisotopic (exact) mass is 586 g/mol. The summed E-state index contributed by atoms with van der Waals surface area (Å²) in [6.07, 6.45) is 5.49. The van der Waals surface area contributed by atoms with Gasteiger partial charge in [-0.05, 0) is 72.6 Å². The molecule has 5 rings (SSSR count). The molecule has 3 unspecified atom stereocenters. The first kappa shape index (κ1) is 29.3. The van der Waals surface area contributed by atoms with Gasteiger partial charge in [0.15, 0.2) is 11.5 Å². The Morgan fingerprint density at radius 3 is 2.56 bits per heavy atom. The lowest BCUT2D eigenvalue weighted by atomic mass is 9.78. The van der Waals surface area contributed by atoms with Crippen molar-refractivity contribution in [2.45, 2.75) is 64.0 Å². The molecule has 1 N–H and O–H groups in total. The third kappa shape index (κ3) is 6.51. The number of aryl methyl sites for hydroxylation is 1. The van der Waals surface area contributed by atoms with Gasteiger partial charge in [0, 0.05) is 32.0 Å². The number of rotatable bonds is 11. The summed E-state index contributed by atoms with van der Waals surface area (Å²) < 4.78 is 25.7. The Kier molecular flexibility index (Phi) is 9.14. The van der Waals surface area contributed by atoms with Crippen LogP contribution in [-0.2, 0) is 27.3 Å². The van der Waals surface area contributed by atoms with Crippen molar-refractivity contribution in [2.75, 3.05) is 26.8 Å². The number of benzene rings is 2. The van der Waals surface area contributed by atoms with Crippen molar-refractivity contribution in [2.24, 2.45) is 11.8 Å². The van der Waals surface area contributed by atoms with E-state index in [0.717, 1.165) is 48.8 Å². The Labute approximate surface area is 244 Å². The standard InChI is InChI=1S/C31H36ClFN2O6/c1-40-28-14-19(6-9-27(28)41-13-12-35-29(36)10-11-30(35)37)17-34(18-21-4-2-3-5-22(21)31(38)39)26-8-7-20-15-25(33)24(32)16-23(20)26/h6,9,14-16,21-22,26H,2-5,7-8,10-13,17-18H2,1H3,(H,38,39). The summed E-state index contributed by atoms with van der Waals surface area (Å²) in [5.41, 5.74) is 2.90. The highest BCUT2D eigenvalue weighted by Gasteiger charge is 2.36. The van der Waals surface area contributed by atoms with E-state index in [1.165, 1.54) is 11.0 Å². The Balaban J connectivity index is 1.35. The molecular formula is C31H36ClFN2O6. The smallest absolute Gasteiger partial charge is 0.306 e. The van der Waals surface area contributed by atoms with Crippen molar-refractivity contribution >= 4 is 29.4 Å². The van der Waals surface area contributed by atoms with E-state index in [2.05, 4.69) is 4.90 Å². The van der Waals surface area contributed by atoms with Gasteiger partial charge in [0.2, 0.25) is 11.8 Å². The molecule has 0 bridgehead atoms. The fraction of sp³-hybridized carbons (Fsp3) is 0.516. The maximum absolute atomic E-state index is 14.2. The fourth-order valence-corrected chi connectivity index (χ4v) is 6.77. The zero-order valence-corrected chi connectivity index (χ0v) is 24.0. The molecule has 2 amide bonds. The molecule has 1 saturated heterocycles. The third-order valence-electron chi connectivity index (χ3n) is 8.71. The molecule has 8 nitrogen and oxygen atoms in total. The number of methoxy groups -OCH3 is 1. The van der Waals surface area contributed by atoms with Gasteiger partial charge in [-0.1, -0.05) is 30.5 Å². The van der Waals surface area contributed by atoms with Crippen LogP contribution >= 0.6 is 11.6 Å². The van der Waals surface area contributed by atoms with Crippen LogP contribution in [0.3, 0.4) is 0 Å². The normalized spacial score (nSPS) is 22.3. The number of imide groups is 1. The molecule has 2 aliphatic carbocycles. The van der Waals surface area contributed by atoms with E-state index < -0.39 is 11.8 Å². The minimum atomic E-state index is -0.743. The lowest BCUT2D eigenvalue weighted by Crippen LogP contribution is -2.38. The van der Waals surface area contributed by atoms with Crippen molar-refractivity contribution in [1.82, 2.24) is 9.80 Å². The second-order valence-corrected chi connectivity index (χ2v) is 11.6. The van der Waals surface area contributed by atoms with Gasteiger partial charge in [-0.25, -0.2) is 4.39 Å². The zero-order chi connectivity index (χ0) is 29.1. The van der Waals surface area contributed by atoms with Gasteiger partial charge in [-0.15, -0.1) is 0 Å². The van der Waals surface area contributed by atoms with Gasteiger partial charge in [0.25, 0.3) is 0 Å². The highest BCUT2D eigenvalue weighted by atomic mass is 35.5. The summed E-state index contributed by atoms with van der Waals surface area (Å²) in [5.74, 6) is -0.858. The van der Waals surface area contributed by atoms with Gasteiger partial charge in [0.05, 0.1) is 24.6 Å². The van der Waals surface area contributed by atoms with Crippen LogP contribution in [-0.4, -0.2) is 59.5 Å². The van der Waals surface area contributed by atoms with Crippen LogP contribution in [0.2, 0.25) is 5.02 Å². The number of carboxylic acids is 1. The van der Waals surface area contributed by atoms with Crippen molar-refractivity contribution in [3.63, 3.8) is 0 Å². The van der Waals surface area contributed by atoms with Crippen LogP contribution in [0.1, 0.15) is 67.7 Å². The molecule has 3 atom stereocenters. The summed E-state index contributed by atoms with van der Waals surface area (Å²) in [6, 6.07) is 8.89. The summed E-state index contributed by atoms with van der Waals surface area (Å²) in [5, 5.41) is 10.0. The van der Waals surface area contributed by atoms with Crippen LogP contribution < -0.4 is 9.47 Å². The average molecular weight is 587 g/mol. The molecule has 3 aliphatic rings. The second-order valence-electron chi connectivity index (χ2n) is 11.2. The number of carbonyl (C=O) groups excluding carboxylic acids is 2. The summed E-state index contributed by atoms with van der Waals surface area (Å²) in [7, 11) is 1.56.